The molecule has 0 aliphatic carbocycles. The largest absolute Gasteiger partial charge is 0.388 e. The monoisotopic (exact) mass is 293 g/mol. The Morgan fingerprint density at radius 2 is 1.65 bits per heavy atom. The molecular formula is C17H24ClNO. The van der Waals surface area contributed by atoms with E-state index in [1.807, 2.05) is 24.3 Å². The Bertz CT molecular complexity index is 557. The average Bonchev–Trinajstić information content (AvgIpc) is 2.36. The van der Waals surface area contributed by atoms with Gasteiger partial charge in [0.25, 0.3) is 0 Å². The van der Waals surface area contributed by atoms with E-state index in [1.54, 1.807) is 0 Å². The van der Waals surface area contributed by atoms with Crippen LogP contribution in [-0.4, -0.2) is 11.1 Å². The zero-order valence-corrected chi connectivity index (χ0v) is 13.2. The van der Waals surface area contributed by atoms with E-state index < -0.39 is 6.10 Å². The lowest BCUT2D eigenvalue weighted by Crippen LogP contribution is -2.36. The van der Waals surface area contributed by atoms with E-state index >= 15 is 0 Å². The minimum atomic E-state index is -0.514. The van der Waals surface area contributed by atoms with Crippen LogP contribution >= 0.6 is 12.4 Å². The SMILES string of the molecule is CC(C)(C)[C@@H](N)C[C@H](O)c1cccc2ccccc12.Cl. The van der Waals surface area contributed by atoms with Crippen LogP contribution in [0.3, 0.4) is 0 Å². The van der Waals surface area contributed by atoms with Gasteiger partial charge in [-0.25, -0.2) is 0 Å². The lowest BCUT2D eigenvalue weighted by atomic mass is 9.82. The van der Waals surface area contributed by atoms with E-state index in [9.17, 15) is 5.11 Å². The first-order valence-corrected chi connectivity index (χ1v) is 6.81. The second kappa shape index (κ2) is 6.57. The second-order valence-electron chi connectivity index (χ2n) is 6.29. The molecule has 2 rings (SSSR count). The van der Waals surface area contributed by atoms with Crippen LogP contribution in [0.1, 0.15) is 38.9 Å². The van der Waals surface area contributed by atoms with Crippen molar-refractivity contribution in [3.63, 3.8) is 0 Å². The summed E-state index contributed by atoms with van der Waals surface area (Å²) < 4.78 is 0. The molecule has 0 amide bonds. The molecule has 2 atom stereocenters. The van der Waals surface area contributed by atoms with Crippen LogP contribution in [-0.2, 0) is 0 Å². The van der Waals surface area contributed by atoms with Crippen molar-refractivity contribution in [3.8, 4) is 0 Å². The zero-order chi connectivity index (χ0) is 14.0. The molecule has 0 saturated carbocycles. The maximum absolute atomic E-state index is 10.5. The smallest absolute Gasteiger partial charge is 0.0811 e. The summed E-state index contributed by atoms with van der Waals surface area (Å²) in [6.45, 7) is 6.31. The first-order valence-electron chi connectivity index (χ1n) is 6.81. The highest BCUT2D eigenvalue weighted by atomic mass is 35.5. The van der Waals surface area contributed by atoms with Crippen molar-refractivity contribution in [2.45, 2.75) is 39.3 Å². The molecular weight excluding hydrogens is 270 g/mol. The van der Waals surface area contributed by atoms with Crippen LogP contribution in [0.2, 0.25) is 0 Å². The molecule has 0 saturated heterocycles. The van der Waals surface area contributed by atoms with Gasteiger partial charge in [0, 0.05) is 6.04 Å². The van der Waals surface area contributed by atoms with Crippen molar-refractivity contribution in [1.29, 1.82) is 0 Å². The van der Waals surface area contributed by atoms with Gasteiger partial charge < -0.3 is 10.8 Å². The Kier molecular flexibility index (Phi) is 5.58. The summed E-state index contributed by atoms with van der Waals surface area (Å²) in [6, 6.07) is 14.1. The standard InChI is InChI=1S/C17H23NO.ClH/c1-17(2,3)16(18)11-15(19)14-10-6-8-12-7-4-5-9-13(12)14;/h4-10,15-16,19H,11,18H2,1-3H3;1H/t15-,16-;/m0./s1. The molecule has 2 aromatic rings. The maximum Gasteiger partial charge on any atom is 0.0811 e. The van der Waals surface area contributed by atoms with Gasteiger partial charge in [0.2, 0.25) is 0 Å². The van der Waals surface area contributed by atoms with Crippen LogP contribution < -0.4 is 5.73 Å². The van der Waals surface area contributed by atoms with Gasteiger partial charge in [-0.3, -0.25) is 0 Å². The quantitative estimate of drug-likeness (QED) is 0.896. The number of hydrogen-bond acceptors (Lipinski definition) is 2. The number of hydrogen-bond donors (Lipinski definition) is 2. The third-order valence-electron chi connectivity index (χ3n) is 3.77. The fourth-order valence-corrected chi connectivity index (χ4v) is 2.26. The van der Waals surface area contributed by atoms with Crippen LogP contribution in [0, 0.1) is 5.41 Å². The lowest BCUT2D eigenvalue weighted by Gasteiger charge is -2.29. The number of rotatable bonds is 3. The van der Waals surface area contributed by atoms with Gasteiger partial charge in [0.05, 0.1) is 6.10 Å². The minimum Gasteiger partial charge on any atom is -0.388 e. The van der Waals surface area contributed by atoms with Crippen molar-refractivity contribution < 1.29 is 5.11 Å². The van der Waals surface area contributed by atoms with Gasteiger partial charge in [-0.2, -0.15) is 0 Å². The van der Waals surface area contributed by atoms with Crippen molar-refractivity contribution in [2.24, 2.45) is 11.1 Å². The van der Waals surface area contributed by atoms with E-state index in [4.69, 9.17) is 5.73 Å². The van der Waals surface area contributed by atoms with Gasteiger partial charge >= 0.3 is 0 Å². The minimum absolute atomic E-state index is 0. The summed E-state index contributed by atoms with van der Waals surface area (Å²) in [5, 5.41) is 12.7. The summed E-state index contributed by atoms with van der Waals surface area (Å²) in [7, 11) is 0. The van der Waals surface area contributed by atoms with Gasteiger partial charge in [0.1, 0.15) is 0 Å². The molecule has 0 aromatic heterocycles. The molecule has 0 radical (unpaired) electrons. The summed E-state index contributed by atoms with van der Waals surface area (Å²) in [4.78, 5) is 0. The molecule has 0 bridgehead atoms. The third-order valence-corrected chi connectivity index (χ3v) is 3.77. The second-order valence-corrected chi connectivity index (χ2v) is 6.29. The van der Waals surface area contributed by atoms with Gasteiger partial charge in [0.15, 0.2) is 0 Å². The number of halogens is 1. The molecule has 2 aromatic carbocycles. The molecule has 110 valence electrons. The van der Waals surface area contributed by atoms with Crippen molar-refractivity contribution in [1.82, 2.24) is 0 Å². The number of aliphatic hydroxyl groups excluding tert-OH is 1. The lowest BCUT2D eigenvalue weighted by molar-refractivity contribution is 0.134. The van der Waals surface area contributed by atoms with Crippen molar-refractivity contribution >= 4 is 23.2 Å². The Morgan fingerprint density at radius 3 is 2.30 bits per heavy atom. The molecule has 0 fully saturated rings. The zero-order valence-electron chi connectivity index (χ0n) is 12.3. The maximum atomic E-state index is 10.5. The van der Waals surface area contributed by atoms with Crippen molar-refractivity contribution in [2.75, 3.05) is 0 Å². The van der Waals surface area contributed by atoms with E-state index in [0.29, 0.717) is 6.42 Å². The first-order chi connectivity index (χ1) is 8.89. The Morgan fingerprint density at radius 1 is 1.05 bits per heavy atom. The molecule has 0 spiro atoms. The molecule has 0 aliphatic heterocycles. The molecule has 0 heterocycles. The molecule has 2 nitrogen and oxygen atoms in total. The topological polar surface area (TPSA) is 46.2 Å². The average molecular weight is 294 g/mol. The number of fused-ring (bicyclic) bond motifs is 1. The van der Waals surface area contributed by atoms with Gasteiger partial charge in [-0.15, -0.1) is 12.4 Å². The predicted molar refractivity (Wildman–Crippen MR) is 88.2 cm³/mol. The third kappa shape index (κ3) is 3.72. The Balaban J connectivity index is 0.00000200. The fraction of sp³-hybridized carbons (Fsp3) is 0.412. The first kappa shape index (κ1) is 17.0. The van der Waals surface area contributed by atoms with Gasteiger partial charge in [-0.1, -0.05) is 63.2 Å². The Hall–Kier alpha value is -1.09. The van der Waals surface area contributed by atoms with Crippen LogP contribution in [0.15, 0.2) is 42.5 Å². The number of aliphatic hydroxyl groups is 1. The van der Waals surface area contributed by atoms with Crippen LogP contribution in [0.5, 0.6) is 0 Å². The Labute approximate surface area is 127 Å². The van der Waals surface area contributed by atoms with Crippen LogP contribution in [0.4, 0.5) is 0 Å². The molecule has 3 N–H and O–H groups in total. The van der Waals surface area contributed by atoms with Crippen LogP contribution in [0.25, 0.3) is 10.8 Å². The number of benzene rings is 2. The highest BCUT2D eigenvalue weighted by Crippen LogP contribution is 2.30. The van der Waals surface area contributed by atoms with E-state index in [-0.39, 0.29) is 23.9 Å². The van der Waals surface area contributed by atoms with Crippen molar-refractivity contribution in [3.05, 3.63) is 48.0 Å². The molecule has 0 unspecified atom stereocenters. The van der Waals surface area contributed by atoms with E-state index in [2.05, 4.69) is 39.0 Å². The summed E-state index contributed by atoms with van der Waals surface area (Å²) >= 11 is 0. The highest BCUT2D eigenvalue weighted by molar-refractivity contribution is 5.86. The fourth-order valence-electron chi connectivity index (χ4n) is 2.26. The van der Waals surface area contributed by atoms with E-state index in [0.717, 1.165) is 16.3 Å². The van der Waals surface area contributed by atoms with Gasteiger partial charge in [-0.05, 0) is 28.2 Å². The molecule has 0 aliphatic rings. The summed E-state index contributed by atoms with van der Waals surface area (Å²) in [5.41, 5.74) is 7.15. The number of nitrogens with two attached hydrogens (primary N) is 1. The summed E-state index contributed by atoms with van der Waals surface area (Å²) in [5.74, 6) is 0. The van der Waals surface area contributed by atoms with E-state index in [1.165, 1.54) is 0 Å². The molecule has 3 heteroatoms. The summed E-state index contributed by atoms with van der Waals surface area (Å²) in [6.07, 6.45) is 0.0673. The normalized spacial score (nSPS) is 14.7. The predicted octanol–water partition coefficient (Wildman–Crippen LogP) is 4.06. The molecule has 20 heavy (non-hydrogen) atoms. The highest BCUT2D eigenvalue weighted by Gasteiger charge is 2.24.